The van der Waals surface area contributed by atoms with Crippen LogP contribution in [0.4, 0.5) is 0 Å². The standard InChI is InChI=1S/C10H17N3/c1-2-4-6-9(7-5-3-1)10-11-8-12-13-10/h8-9H,1-7H2,(H,11,12,13). The average molecular weight is 179 g/mol. The number of rotatable bonds is 1. The average Bonchev–Trinajstić information content (AvgIpc) is 2.55. The first kappa shape index (κ1) is 8.73. The van der Waals surface area contributed by atoms with Gasteiger partial charge in [0.2, 0.25) is 0 Å². The topological polar surface area (TPSA) is 41.6 Å². The van der Waals surface area contributed by atoms with Crippen LogP contribution in [0, 0.1) is 0 Å². The van der Waals surface area contributed by atoms with Crippen molar-refractivity contribution < 1.29 is 0 Å². The fourth-order valence-corrected chi connectivity index (χ4v) is 2.13. The molecule has 1 fully saturated rings. The summed E-state index contributed by atoms with van der Waals surface area (Å²) in [6.07, 6.45) is 11.1. The zero-order valence-corrected chi connectivity index (χ0v) is 8.00. The second-order valence-electron chi connectivity index (χ2n) is 3.90. The van der Waals surface area contributed by atoms with Crippen LogP contribution in [0.5, 0.6) is 0 Å². The summed E-state index contributed by atoms with van der Waals surface area (Å²) < 4.78 is 0. The summed E-state index contributed by atoms with van der Waals surface area (Å²) in [5.74, 6) is 1.65. The molecule has 0 aliphatic heterocycles. The molecule has 0 spiro atoms. The van der Waals surface area contributed by atoms with E-state index in [0.717, 1.165) is 5.82 Å². The molecule has 0 unspecified atom stereocenters. The third-order valence-electron chi connectivity index (χ3n) is 2.90. The summed E-state index contributed by atoms with van der Waals surface area (Å²) in [5, 5.41) is 6.98. The lowest BCUT2D eigenvalue weighted by atomic mass is 9.91. The van der Waals surface area contributed by atoms with Crippen molar-refractivity contribution in [3.05, 3.63) is 12.2 Å². The molecule has 0 bridgehead atoms. The van der Waals surface area contributed by atoms with E-state index in [2.05, 4.69) is 15.2 Å². The van der Waals surface area contributed by atoms with Crippen molar-refractivity contribution >= 4 is 0 Å². The highest BCUT2D eigenvalue weighted by Gasteiger charge is 2.15. The van der Waals surface area contributed by atoms with Crippen LogP contribution < -0.4 is 0 Å². The Morgan fingerprint density at radius 3 is 2.38 bits per heavy atom. The Balaban J connectivity index is 1.96. The number of nitrogens with zero attached hydrogens (tertiary/aromatic N) is 2. The van der Waals surface area contributed by atoms with Crippen LogP contribution in [-0.2, 0) is 0 Å². The van der Waals surface area contributed by atoms with Crippen molar-refractivity contribution in [2.45, 2.75) is 50.9 Å². The largest absolute Gasteiger partial charge is 0.266 e. The molecule has 1 saturated carbocycles. The first-order chi connectivity index (χ1) is 6.47. The molecular formula is C10H17N3. The van der Waals surface area contributed by atoms with Crippen molar-refractivity contribution in [1.82, 2.24) is 15.2 Å². The van der Waals surface area contributed by atoms with Crippen LogP contribution in [0.25, 0.3) is 0 Å². The van der Waals surface area contributed by atoms with Crippen molar-refractivity contribution in [2.75, 3.05) is 0 Å². The van der Waals surface area contributed by atoms with E-state index in [-0.39, 0.29) is 0 Å². The smallest absolute Gasteiger partial charge is 0.153 e. The zero-order chi connectivity index (χ0) is 8.93. The summed E-state index contributed by atoms with van der Waals surface area (Å²) in [7, 11) is 0. The van der Waals surface area contributed by atoms with Crippen LogP contribution in [-0.4, -0.2) is 15.2 Å². The molecule has 1 N–H and O–H groups in total. The Bertz CT molecular complexity index is 222. The van der Waals surface area contributed by atoms with E-state index >= 15 is 0 Å². The highest BCUT2D eigenvalue weighted by Crippen LogP contribution is 2.28. The molecule has 1 aromatic heterocycles. The third kappa shape index (κ3) is 2.29. The van der Waals surface area contributed by atoms with E-state index in [4.69, 9.17) is 0 Å². The van der Waals surface area contributed by atoms with Crippen LogP contribution in [0.2, 0.25) is 0 Å². The molecular weight excluding hydrogens is 162 g/mol. The van der Waals surface area contributed by atoms with E-state index < -0.39 is 0 Å². The van der Waals surface area contributed by atoms with E-state index in [9.17, 15) is 0 Å². The second kappa shape index (κ2) is 4.40. The van der Waals surface area contributed by atoms with E-state index in [1.807, 2.05) is 0 Å². The van der Waals surface area contributed by atoms with E-state index in [0.29, 0.717) is 5.92 Å². The molecule has 3 nitrogen and oxygen atoms in total. The van der Waals surface area contributed by atoms with Crippen LogP contribution >= 0.6 is 0 Å². The van der Waals surface area contributed by atoms with Gasteiger partial charge in [-0.05, 0) is 12.8 Å². The highest BCUT2D eigenvalue weighted by molar-refractivity contribution is 4.92. The minimum Gasteiger partial charge on any atom is -0.266 e. The lowest BCUT2D eigenvalue weighted by Crippen LogP contribution is -2.04. The van der Waals surface area contributed by atoms with Gasteiger partial charge in [-0.1, -0.05) is 32.1 Å². The van der Waals surface area contributed by atoms with Gasteiger partial charge in [0.1, 0.15) is 6.33 Å². The van der Waals surface area contributed by atoms with Gasteiger partial charge in [0.25, 0.3) is 0 Å². The molecule has 0 saturated heterocycles. The molecule has 3 heteroatoms. The van der Waals surface area contributed by atoms with Crippen LogP contribution in [0.1, 0.15) is 56.7 Å². The maximum Gasteiger partial charge on any atom is 0.153 e. The van der Waals surface area contributed by atoms with Gasteiger partial charge in [0.05, 0.1) is 0 Å². The van der Waals surface area contributed by atoms with Gasteiger partial charge in [0.15, 0.2) is 5.82 Å². The van der Waals surface area contributed by atoms with Gasteiger partial charge in [-0.25, -0.2) is 4.98 Å². The first-order valence-electron chi connectivity index (χ1n) is 5.32. The highest BCUT2D eigenvalue weighted by atomic mass is 15.2. The molecule has 2 rings (SSSR count). The molecule has 1 heterocycles. The lowest BCUT2D eigenvalue weighted by molar-refractivity contribution is 0.443. The van der Waals surface area contributed by atoms with Gasteiger partial charge in [-0.3, -0.25) is 5.10 Å². The van der Waals surface area contributed by atoms with Gasteiger partial charge in [-0.2, -0.15) is 5.10 Å². The molecule has 0 amide bonds. The number of H-pyrrole nitrogens is 1. The Labute approximate surface area is 79.0 Å². The minimum absolute atomic E-state index is 0.617. The summed E-state index contributed by atoms with van der Waals surface area (Å²) in [4.78, 5) is 4.25. The predicted octanol–water partition coefficient (Wildman–Crippen LogP) is 2.63. The second-order valence-corrected chi connectivity index (χ2v) is 3.90. The SMILES string of the molecule is c1nc(C2CCCCCCC2)n[nH]1. The molecule has 0 aromatic carbocycles. The summed E-state index contributed by atoms with van der Waals surface area (Å²) in [6, 6.07) is 0. The van der Waals surface area contributed by atoms with Gasteiger partial charge in [-0.15, -0.1) is 0 Å². The number of hydrogen-bond donors (Lipinski definition) is 1. The molecule has 13 heavy (non-hydrogen) atoms. The zero-order valence-electron chi connectivity index (χ0n) is 8.00. The van der Waals surface area contributed by atoms with Crippen molar-refractivity contribution in [1.29, 1.82) is 0 Å². The maximum absolute atomic E-state index is 4.25. The fraction of sp³-hybridized carbons (Fsp3) is 0.800. The fourth-order valence-electron chi connectivity index (χ4n) is 2.13. The summed E-state index contributed by atoms with van der Waals surface area (Å²) in [6.45, 7) is 0. The molecule has 1 aliphatic carbocycles. The first-order valence-corrected chi connectivity index (χ1v) is 5.32. The van der Waals surface area contributed by atoms with Crippen molar-refractivity contribution in [3.63, 3.8) is 0 Å². The predicted molar refractivity (Wildman–Crippen MR) is 51.4 cm³/mol. The minimum atomic E-state index is 0.617. The quantitative estimate of drug-likeness (QED) is 0.720. The van der Waals surface area contributed by atoms with Crippen LogP contribution in [0.15, 0.2) is 6.33 Å². The van der Waals surface area contributed by atoms with E-state index in [1.165, 1.54) is 44.9 Å². The number of hydrogen-bond acceptors (Lipinski definition) is 2. The van der Waals surface area contributed by atoms with Gasteiger partial charge < -0.3 is 0 Å². The Hall–Kier alpha value is -0.860. The Kier molecular flexibility index (Phi) is 2.95. The van der Waals surface area contributed by atoms with Gasteiger partial charge in [0, 0.05) is 5.92 Å². The van der Waals surface area contributed by atoms with Crippen molar-refractivity contribution in [3.8, 4) is 0 Å². The number of nitrogens with one attached hydrogen (secondary N) is 1. The molecule has 1 aliphatic rings. The Morgan fingerprint density at radius 1 is 1.08 bits per heavy atom. The molecule has 72 valence electrons. The normalized spacial score (nSPS) is 20.9. The molecule has 0 atom stereocenters. The Morgan fingerprint density at radius 2 is 1.77 bits per heavy atom. The number of aromatic nitrogens is 3. The van der Waals surface area contributed by atoms with Gasteiger partial charge >= 0.3 is 0 Å². The molecule has 1 aromatic rings. The monoisotopic (exact) mass is 179 g/mol. The molecule has 0 radical (unpaired) electrons. The summed E-state index contributed by atoms with van der Waals surface area (Å²) >= 11 is 0. The van der Waals surface area contributed by atoms with Crippen molar-refractivity contribution in [2.24, 2.45) is 0 Å². The maximum atomic E-state index is 4.25. The lowest BCUT2D eigenvalue weighted by Gasteiger charge is -2.16. The third-order valence-corrected chi connectivity index (χ3v) is 2.90. The number of aromatic amines is 1. The van der Waals surface area contributed by atoms with E-state index in [1.54, 1.807) is 6.33 Å². The summed E-state index contributed by atoms with van der Waals surface area (Å²) in [5.41, 5.74) is 0. The van der Waals surface area contributed by atoms with Crippen LogP contribution in [0.3, 0.4) is 0 Å².